The summed E-state index contributed by atoms with van der Waals surface area (Å²) in [6.07, 6.45) is 4.27. The minimum absolute atomic E-state index is 0.0539. The number of fused-ring (bicyclic) bond motifs is 1. The Morgan fingerprint density at radius 3 is 2.63 bits per heavy atom. The predicted octanol–water partition coefficient (Wildman–Crippen LogP) is 2.40. The standard InChI is InChI=1S/C13H15N3O3/c14-9-6-10-8(5-11(9)16(18)19)12(13(17)15-10)7-3-1-2-4-7/h5-7,12H,1-4,14H2,(H,15,17). The van der Waals surface area contributed by atoms with Crippen molar-refractivity contribution in [2.45, 2.75) is 31.6 Å². The highest BCUT2D eigenvalue weighted by molar-refractivity contribution is 6.04. The summed E-state index contributed by atoms with van der Waals surface area (Å²) in [4.78, 5) is 22.5. The van der Waals surface area contributed by atoms with Gasteiger partial charge in [0.05, 0.1) is 10.8 Å². The van der Waals surface area contributed by atoms with Crippen molar-refractivity contribution in [2.75, 3.05) is 11.1 Å². The number of hydrogen-bond donors (Lipinski definition) is 2. The van der Waals surface area contributed by atoms with E-state index in [2.05, 4.69) is 5.32 Å². The Balaban J connectivity index is 2.06. The molecule has 19 heavy (non-hydrogen) atoms. The molecule has 1 aromatic rings. The van der Waals surface area contributed by atoms with Crippen molar-refractivity contribution >= 4 is 23.0 Å². The van der Waals surface area contributed by atoms with E-state index >= 15 is 0 Å². The summed E-state index contributed by atoms with van der Waals surface area (Å²) in [5, 5.41) is 13.7. The van der Waals surface area contributed by atoms with E-state index in [1.54, 1.807) is 0 Å². The van der Waals surface area contributed by atoms with Crippen molar-refractivity contribution in [3.8, 4) is 0 Å². The third kappa shape index (κ3) is 1.83. The molecule has 0 spiro atoms. The second kappa shape index (κ2) is 4.22. The third-order valence-electron chi connectivity index (χ3n) is 4.14. The highest BCUT2D eigenvalue weighted by Crippen LogP contribution is 2.46. The highest BCUT2D eigenvalue weighted by Gasteiger charge is 2.39. The zero-order valence-electron chi connectivity index (χ0n) is 10.4. The lowest BCUT2D eigenvalue weighted by Crippen LogP contribution is -2.18. The number of nitrogens with zero attached hydrogens (tertiary/aromatic N) is 1. The molecule has 6 nitrogen and oxygen atoms in total. The maximum Gasteiger partial charge on any atom is 0.292 e. The van der Waals surface area contributed by atoms with Crippen molar-refractivity contribution in [2.24, 2.45) is 5.92 Å². The Morgan fingerprint density at radius 1 is 1.32 bits per heavy atom. The zero-order chi connectivity index (χ0) is 13.6. The van der Waals surface area contributed by atoms with Crippen LogP contribution < -0.4 is 11.1 Å². The summed E-state index contributed by atoms with van der Waals surface area (Å²) >= 11 is 0. The number of benzene rings is 1. The van der Waals surface area contributed by atoms with Crippen LogP contribution in [0, 0.1) is 16.0 Å². The van der Waals surface area contributed by atoms with Crippen molar-refractivity contribution < 1.29 is 9.72 Å². The summed E-state index contributed by atoms with van der Waals surface area (Å²) in [7, 11) is 0. The van der Waals surface area contributed by atoms with E-state index in [1.807, 2.05) is 0 Å². The molecule has 1 fully saturated rings. The van der Waals surface area contributed by atoms with Gasteiger partial charge in [-0.2, -0.15) is 0 Å². The first-order valence-corrected chi connectivity index (χ1v) is 6.46. The fourth-order valence-electron chi connectivity index (χ4n) is 3.26. The number of carbonyl (C=O) groups is 1. The van der Waals surface area contributed by atoms with Gasteiger partial charge in [-0.1, -0.05) is 12.8 Å². The molecule has 0 saturated heterocycles. The molecule has 1 unspecified atom stereocenters. The minimum Gasteiger partial charge on any atom is -0.393 e. The summed E-state index contributed by atoms with van der Waals surface area (Å²) in [5.41, 5.74) is 6.99. The zero-order valence-corrected chi connectivity index (χ0v) is 10.4. The van der Waals surface area contributed by atoms with Gasteiger partial charge in [0.15, 0.2) is 0 Å². The summed E-state index contributed by atoms with van der Waals surface area (Å²) in [6, 6.07) is 2.96. The van der Waals surface area contributed by atoms with Gasteiger partial charge in [-0.25, -0.2) is 0 Å². The summed E-state index contributed by atoms with van der Waals surface area (Å²) in [6.45, 7) is 0. The smallest absolute Gasteiger partial charge is 0.292 e. The van der Waals surface area contributed by atoms with Crippen LogP contribution in [-0.4, -0.2) is 10.8 Å². The number of amides is 1. The number of rotatable bonds is 2. The van der Waals surface area contributed by atoms with Gasteiger partial charge in [-0.3, -0.25) is 14.9 Å². The molecular formula is C13H15N3O3. The SMILES string of the molecule is Nc1cc2c(cc1[N+](=O)[O-])C(C1CCCC1)C(=O)N2. The number of nitrogens with one attached hydrogen (secondary N) is 1. The van der Waals surface area contributed by atoms with Crippen molar-refractivity contribution in [1.82, 2.24) is 0 Å². The minimum atomic E-state index is -0.496. The third-order valence-corrected chi connectivity index (χ3v) is 4.14. The Bertz CT molecular complexity index is 564. The van der Waals surface area contributed by atoms with Gasteiger partial charge in [0.25, 0.3) is 5.69 Å². The maximum absolute atomic E-state index is 12.1. The van der Waals surface area contributed by atoms with E-state index in [4.69, 9.17) is 5.73 Å². The fourth-order valence-corrected chi connectivity index (χ4v) is 3.26. The molecule has 1 aliphatic heterocycles. The van der Waals surface area contributed by atoms with Crippen LogP contribution in [0.1, 0.15) is 37.2 Å². The molecule has 0 aromatic heterocycles. The number of nitrogens with two attached hydrogens (primary N) is 1. The lowest BCUT2D eigenvalue weighted by molar-refractivity contribution is -0.383. The van der Waals surface area contributed by atoms with Gasteiger partial charge < -0.3 is 11.1 Å². The van der Waals surface area contributed by atoms with Crippen LogP contribution in [0.15, 0.2) is 12.1 Å². The molecule has 1 aliphatic carbocycles. The Morgan fingerprint density at radius 2 is 2.00 bits per heavy atom. The van der Waals surface area contributed by atoms with Crippen LogP contribution in [0.4, 0.5) is 17.1 Å². The summed E-state index contributed by atoms with van der Waals surface area (Å²) < 4.78 is 0. The van der Waals surface area contributed by atoms with Crippen LogP contribution in [0.5, 0.6) is 0 Å². The molecule has 100 valence electrons. The van der Waals surface area contributed by atoms with E-state index < -0.39 is 4.92 Å². The van der Waals surface area contributed by atoms with Crippen LogP contribution in [0.2, 0.25) is 0 Å². The van der Waals surface area contributed by atoms with Gasteiger partial charge in [0.2, 0.25) is 5.91 Å². The Hall–Kier alpha value is -2.11. The molecule has 1 saturated carbocycles. The maximum atomic E-state index is 12.1. The average Bonchev–Trinajstić information content (AvgIpc) is 2.93. The molecule has 6 heteroatoms. The number of anilines is 2. The number of nitro benzene ring substituents is 1. The number of carbonyl (C=O) groups excluding carboxylic acids is 1. The van der Waals surface area contributed by atoms with Gasteiger partial charge in [0.1, 0.15) is 5.69 Å². The Kier molecular flexibility index (Phi) is 2.66. The van der Waals surface area contributed by atoms with Crippen LogP contribution in [-0.2, 0) is 4.79 Å². The summed E-state index contributed by atoms with van der Waals surface area (Å²) in [5.74, 6) is -0.0110. The van der Waals surface area contributed by atoms with Gasteiger partial charge >= 0.3 is 0 Å². The van der Waals surface area contributed by atoms with Gasteiger partial charge in [-0.15, -0.1) is 0 Å². The van der Waals surface area contributed by atoms with Gasteiger partial charge in [0, 0.05) is 11.8 Å². The first kappa shape index (κ1) is 12.0. The molecule has 1 amide bonds. The fraction of sp³-hybridized carbons (Fsp3) is 0.462. The predicted molar refractivity (Wildman–Crippen MR) is 70.8 cm³/mol. The lowest BCUT2D eigenvalue weighted by atomic mass is 9.85. The van der Waals surface area contributed by atoms with Crippen LogP contribution >= 0.6 is 0 Å². The van der Waals surface area contributed by atoms with E-state index in [0.717, 1.165) is 31.2 Å². The molecule has 3 rings (SSSR count). The topological polar surface area (TPSA) is 98.3 Å². The normalized spacial score (nSPS) is 22.3. The first-order valence-electron chi connectivity index (χ1n) is 6.46. The van der Waals surface area contributed by atoms with Gasteiger partial charge in [-0.05, 0) is 30.4 Å². The largest absolute Gasteiger partial charge is 0.393 e. The molecule has 1 heterocycles. The molecule has 1 atom stereocenters. The highest BCUT2D eigenvalue weighted by atomic mass is 16.6. The van der Waals surface area contributed by atoms with E-state index in [-0.39, 0.29) is 23.2 Å². The van der Waals surface area contributed by atoms with Crippen molar-refractivity contribution in [3.63, 3.8) is 0 Å². The molecule has 3 N–H and O–H groups in total. The molecule has 2 aliphatic rings. The van der Waals surface area contributed by atoms with Crippen LogP contribution in [0.25, 0.3) is 0 Å². The Labute approximate surface area is 110 Å². The number of hydrogen-bond acceptors (Lipinski definition) is 4. The van der Waals surface area contributed by atoms with Crippen molar-refractivity contribution in [1.29, 1.82) is 0 Å². The molecule has 0 radical (unpaired) electrons. The van der Waals surface area contributed by atoms with E-state index in [0.29, 0.717) is 11.6 Å². The number of nitro groups is 1. The lowest BCUT2D eigenvalue weighted by Gasteiger charge is -2.16. The molecule has 1 aromatic carbocycles. The second-order valence-corrected chi connectivity index (χ2v) is 5.27. The van der Waals surface area contributed by atoms with Crippen molar-refractivity contribution in [3.05, 3.63) is 27.8 Å². The first-order chi connectivity index (χ1) is 9.08. The monoisotopic (exact) mass is 261 g/mol. The quantitative estimate of drug-likeness (QED) is 0.485. The van der Waals surface area contributed by atoms with Crippen LogP contribution in [0.3, 0.4) is 0 Å². The molecule has 0 bridgehead atoms. The average molecular weight is 261 g/mol. The second-order valence-electron chi connectivity index (χ2n) is 5.27. The van der Waals surface area contributed by atoms with E-state index in [9.17, 15) is 14.9 Å². The molecular weight excluding hydrogens is 246 g/mol. The number of nitrogen functional groups attached to an aromatic ring is 1. The van der Waals surface area contributed by atoms with E-state index in [1.165, 1.54) is 12.1 Å².